The van der Waals surface area contributed by atoms with E-state index in [0.717, 1.165) is 17.7 Å². The van der Waals surface area contributed by atoms with Gasteiger partial charge < -0.3 is 31.3 Å². The highest BCUT2D eigenvalue weighted by molar-refractivity contribution is 5.88. The molecule has 2 rings (SSSR count). The molecule has 0 amide bonds. The second-order valence-corrected chi connectivity index (χ2v) is 4.82. The topological polar surface area (TPSA) is 161 Å². The zero-order chi connectivity index (χ0) is 18.3. The Morgan fingerprint density at radius 3 is 1.96 bits per heavy atom. The molecule has 8 nitrogen and oxygen atoms in total. The highest BCUT2D eigenvalue weighted by Crippen LogP contribution is 2.24. The largest absolute Gasteiger partial charge is 0.508 e. The van der Waals surface area contributed by atoms with E-state index >= 15 is 0 Å². The fourth-order valence-electron chi connectivity index (χ4n) is 1.63. The van der Waals surface area contributed by atoms with Crippen LogP contribution < -0.4 is 5.73 Å². The second kappa shape index (κ2) is 8.39. The van der Waals surface area contributed by atoms with Crippen molar-refractivity contribution in [1.82, 2.24) is 0 Å². The van der Waals surface area contributed by atoms with Gasteiger partial charge in [-0.15, -0.1) is 0 Å². The molecule has 0 radical (unpaired) electrons. The highest BCUT2D eigenvalue weighted by atomic mass is 16.4. The maximum Gasteiger partial charge on any atom is 0.335 e. The number of hydrogen-bond acceptors (Lipinski definition) is 6. The number of hydrogen-bond donors (Lipinski definition) is 6. The summed E-state index contributed by atoms with van der Waals surface area (Å²) in [5, 5.41) is 43.5. The maximum atomic E-state index is 10.4. The van der Waals surface area contributed by atoms with Crippen molar-refractivity contribution in [1.29, 1.82) is 0 Å². The minimum Gasteiger partial charge on any atom is -0.508 e. The first kappa shape index (κ1) is 18.8. The van der Waals surface area contributed by atoms with E-state index < -0.39 is 23.7 Å². The smallest absolute Gasteiger partial charge is 0.335 e. The molecule has 0 bridgehead atoms. The average Bonchev–Trinajstić information content (AvgIpc) is 2.52. The Kier molecular flexibility index (Phi) is 6.57. The molecule has 0 spiro atoms. The summed E-state index contributed by atoms with van der Waals surface area (Å²) >= 11 is 0. The monoisotopic (exact) mass is 335 g/mol. The SMILES string of the molecule is NC(Cc1ccc(O)cc1)C(=O)O.O=C(O)c1ccc(O)c(O)c1. The highest BCUT2D eigenvalue weighted by Gasteiger charge is 2.11. The summed E-state index contributed by atoms with van der Waals surface area (Å²) in [4.78, 5) is 20.7. The third kappa shape index (κ3) is 5.85. The Bertz CT molecular complexity index is 713. The number of phenols is 3. The molecule has 2 aromatic carbocycles. The summed E-state index contributed by atoms with van der Waals surface area (Å²) in [5.41, 5.74) is 6.07. The molecular weight excluding hydrogens is 318 g/mol. The van der Waals surface area contributed by atoms with Crippen molar-refractivity contribution in [3.05, 3.63) is 53.6 Å². The molecule has 8 heteroatoms. The van der Waals surface area contributed by atoms with E-state index in [1.165, 1.54) is 18.2 Å². The molecule has 0 saturated carbocycles. The van der Waals surface area contributed by atoms with E-state index in [1.807, 2.05) is 0 Å². The molecule has 1 atom stereocenters. The Balaban J connectivity index is 0.000000243. The van der Waals surface area contributed by atoms with Gasteiger partial charge in [0.1, 0.15) is 11.8 Å². The van der Waals surface area contributed by atoms with Gasteiger partial charge in [-0.1, -0.05) is 12.1 Å². The molecule has 7 N–H and O–H groups in total. The van der Waals surface area contributed by atoms with E-state index in [2.05, 4.69) is 0 Å². The average molecular weight is 335 g/mol. The summed E-state index contributed by atoms with van der Waals surface area (Å²) in [6.45, 7) is 0. The van der Waals surface area contributed by atoms with Crippen LogP contribution >= 0.6 is 0 Å². The fourth-order valence-corrected chi connectivity index (χ4v) is 1.63. The summed E-state index contributed by atoms with van der Waals surface area (Å²) in [5.74, 6) is -2.75. The lowest BCUT2D eigenvalue weighted by Crippen LogP contribution is -2.32. The molecule has 0 aromatic heterocycles. The number of aliphatic carboxylic acids is 1. The van der Waals surface area contributed by atoms with Crippen molar-refractivity contribution in [2.45, 2.75) is 12.5 Å². The number of aromatic hydroxyl groups is 3. The molecule has 2 aromatic rings. The Morgan fingerprint density at radius 2 is 1.50 bits per heavy atom. The molecule has 0 saturated heterocycles. The Morgan fingerprint density at radius 1 is 0.917 bits per heavy atom. The summed E-state index contributed by atoms with van der Waals surface area (Å²) in [6.07, 6.45) is 0.273. The minimum atomic E-state index is -1.14. The predicted molar refractivity (Wildman–Crippen MR) is 84.2 cm³/mol. The van der Waals surface area contributed by atoms with Crippen LogP contribution in [-0.4, -0.2) is 43.5 Å². The van der Waals surface area contributed by atoms with Crippen LogP contribution in [0, 0.1) is 0 Å². The molecule has 0 fully saturated rings. The van der Waals surface area contributed by atoms with Gasteiger partial charge in [-0.05, 0) is 42.3 Å². The molecule has 0 aliphatic heterocycles. The number of carboxylic acids is 2. The molecular formula is C16H17NO7. The summed E-state index contributed by atoms with van der Waals surface area (Å²) in [6, 6.07) is 8.74. The third-order valence-electron chi connectivity index (χ3n) is 2.93. The van der Waals surface area contributed by atoms with Crippen LogP contribution in [0.5, 0.6) is 17.2 Å². The quantitative estimate of drug-likeness (QED) is 0.453. The van der Waals surface area contributed by atoms with Crippen LogP contribution in [0.15, 0.2) is 42.5 Å². The van der Waals surface area contributed by atoms with Gasteiger partial charge in [-0.2, -0.15) is 0 Å². The van der Waals surface area contributed by atoms with E-state index in [4.69, 9.17) is 31.3 Å². The van der Waals surface area contributed by atoms with E-state index in [9.17, 15) is 9.59 Å². The van der Waals surface area contributed by atoms with Gasteiger partial charge >= 0.3 is 11.9 Å². The van der Waals surface area contributed by atoms with Crippen LogP contribution in [0.25, 0.3) is 0 Å². The van der Waals surface area contributed by atoms with Gasteiger partial charge in [0.25, 0.3) is 0 Å². The van der Waals surface area contributed by atoms with Crippen molar-refractivity contribution in [3.63, 3.8) is 0 Å². The van der Waals surface area contributed by atoms with Crippen LogP contribution in [0.4, 0.5) is 0 Å². The molecule has 0 heterocycles. The normalized spacial score (nSPS) is 11.0. The van der Waals surface area contributed by atoms with Gasteiger partial charge in [0, 0.05) is 0 Å². The third-order valence-corrected chi connectivity index (χ3v) is 2.93. The zero-order valence-corrected chi connectivity index (χ0v) is 12.5. The first-order valence-corrected chi connectivity index (χ1v) is 6.72. The lowest BCUT2D eigenvalue weighted by molar-refractivity contribution is -0.138. The summed E-state index contributed by atoms with van der Waals surface area (Å²) in [7, 11) is 0. The van der Waals surface area contributed by atoms with E-state index in [-0.39, 0.29) is 23.5 Å². The first-order chi connectivity index (χ1) is 11.2. The van der Waals surface area contributed by atoms with Crippen molar-refractivity contribution in [3.8, 4) is 17.2 Å². The first-order valence-electron chi connectivity index (χ1n) is 6.72. The molecule has 128 valence electrons. The number of benzene rings is 2. The number of rotatable bonds is 4. The van der Waals surface area contributed by atoms with Crippen LogP contribution in [0.2, 0.25) is 0 Å². The number of aromatic carboxylic acids is 1. The fraction of sp³-hybridized carbons (Fsp3) is 0.125. The second-order valence-electron chi connectivity index (χ2n) is 4.82. The van der Waals surface area contributed by atoms with Crippen molar-refractivity contribution in [2.24, 2.45) is 5.73 Å². The van der Waals surface area contributed by atoms with Crippen molar-refractivity contribution in [2.75, 3.05) is 0 Å². The van der Waals surface area contributed by atoms with Crippen molar-refractivity contribution < 1.29 is 35.1 Å². The van der Waals surface area contributed by atoms with Gasteiger partial charge in [-0.25, -0.2) is 4.79 Å². The van der Waals surface area contributed by atoms with Gasteiger partial charge in [-0.3, -0.25) is 4.79 Å². The van der Waals surface area contributed by atoms with Crippen LogP contribution in [0.1, 0.15) is 15.9 Å². The van der Waals surface area contributed by atoms with Gasteiger partial charge in [0.05, 0.1) is 5.56 Å². The Hall–Kier alpha value is -3.26. The van der Waals surface area contributed by atoms with E-state index in [0.29, 0.717) is 0 Å². The minimum absolute atomic E-state index is 0.0553. The number of carbonyl (C=O) groups is 2. The Labute approximate surface area is 137 Å². The van der Waals surface area contributed by atoms with Gasteiger partial charge in [0.2, 0.25) is 0 Å². The van der Waals surface area contributed by atoms with Crippen molar-refractivity contribution >= 4 is 11.9 Å². The molecule has 1 unspecified atom stereocenters. The standard InChI is InChI=1S/C9H11NO3.C7H6O4/c10-8(9(12)13)5-6-1-3-7(11)4-2-6;8-5-2-1-4(7(10)11)3-6(5)9/h1-4,8,11H,5,10H2,(H,12,13);1-3,8-9H,(H,10,11). The molecule has 0 aliphatic rings. The van der Waals surface area contributed by atoms with E-state index in [1.54, 1.807) is 12.1 Å². The zero-order valence-electron chi connectivity index (χ0n) is 12.5. The number of carboxylic acid groups (broad SMARTS) is 2. The summed E-state index contributed by atoms with van der Waals surface area (Å²) < 4.78 is 0. The molecule has 0 aliphatic carbocycles. The van der Waals surface area contributed by atoms with Crippen LogP contribution in [0.3, 0.4) is 0 Å². The number of phenolic OH excluding ortho intramolecular Hbond substituents is 3. The lowest BCUT2D eigenvalue weighted by Gasteiger charge is -2.05. The van der Waals surface area contributed by atoms with Crippen LogP contribution in [-0.2, 0) is 11.2 Å². The molecule has 24 heavy (non-hydrogen) atoms. The van der Waals surface area contributed by atoms with Gasteiger partial charge in [0.15, 0.2) is 11.5 Å². The number of nitrogens with two attached hydrogens (primary N) is 1. The maximum absolute atomic E-state index is 10.4. The predicted octanol–water partition coefficient (Wildman–Crippen LogP) is 1.14. The lowest BCUT2D eigenvalue weighted by atomic mass is 10.1.